The van der Waals surface area contributed by atoms with Crippen LogP contribution in [0.2, 0.25) is 5.02 Å². The molecule has 0 spiro atoms. The fraction of sp³-hybridized carbons (Fsp3) is 0.0769. The molecule has 1 amide bonds. The molecule has 2 rings (SSSR count). The van der Waals surface area contributed by atoms with E-state index in [1.54, 1.807) is 6.20 Å². The third kappa shape index (κ3) is 3.30. The number of hydrogen-bond acceptors (Lipinski definition) is 3. The Morgan fingerprint density at radius 1 is 1.35 bits per heavy atom. The quantitative estimate of drug-likeness (QED) is 0.690. The molecule has 0 aliphatic rings. The minimum absolute atomic E-state index is 0.0804. The van der Waals surface area contributed by atoms with Gasteiger partial charge in [-0.3, -0.25) is 14.9 Å². The number of nitrogens with one attached hydrogen (secondary N) is 2. The number of aromatic amines is 1. The Balaban J connectivity index is 2.13. The maximum absolute atomic E-state index is 12.0. The molecule has 0 saturated carbocycles. The number of aromatic nitrogens is 1. The standard InChI is InChI=1S/C13H10ClN3O3/c14-12-5-4-10(17(19)20)7-11(12)13(18)16-8-9-3-1-2-6-15-9/h1-7H,8H2,(H,16,18)/p+1. The zero-order valence-corrected chi connectivity index (χ0v) is 11.1. The molecule has 2 N–H and O–H groups in total. The van der Waals surface area contributed by atoms with Gasteiger partial charge in [0, 0.05) is 24.3 Å². The molecule has 6 nitrogen and oxygen atoms in total. The van der Waals surface area contributed by atoms with Crippen LogP contribution < -0.4 is 10.3 Å². The van der Waals surface area contributed by atoms with Gasteiger partial charge in [0.1, 0.15) is 6.54 Å². The molecular weight excluding hydrogens is 282 g/mol. The molecule has 1 aromatic carbocycles. The second kappa shape index (κ2) is 6.12. The van der Waals surface area contributed by atoms with Gasteiger partial charge in [-0.05, 0) is 6.07 Å². The molecule has 0 fully saturated rings. The van der Waals surface area contributed by atoms with Crippen LogP contribution in [-0.2, 0) is 6.54 Å². The molecule has 0 aliphatic heterocycles. The number of carbonyl (C=O) groups is 1. The van der Waals surface area contributed by atoms with Crippen molar-refractivity contribution < 1.29 is 14.7 Å². The van der Waals surface area contributed by atoms with Crippen LogP contribution in [0.3, 0.4) is 0 Å². The number of amides is 1. The second-order valence-corrected chi connectivity index (χ2v) is 4.40. The Morgan fingerprint density at radius 2 is 2.15 bits per heavy atom. The molecular formula is C13H11ClN3O3+. The minimum atomic E-state index is -0.571. The van der Waals surface area contributed by atoms with Crippen molar-refractivity contribution in [3.05, 3.63) is 69.0 Å². The van der Waals surface area contributed by atoms with Gasteiger partial charge >= 0.3 is 0 Å². The predicted octanol–water partition coefficient (Wildman–Crippen LogP) is 1.99. The highest BCUT2D eigenvalue weighted by Gasteiger charge is 2.16. The summed E-state index contributed by atoms with van der Waals surface area (Å²) in [6, 6.07) is 9.22. The van der Waals surface area contributed by atoms with E-state index in [1.165, 1.54) is 12.1 Å². The summed E-state index contributed by atoms with van der Waals surface area (Å²) >= 11 is 5.89. The number of hydrogen-bond donors (Lipinski definition) is 1. The SMILES string of the molecule is O=C(NCc1cccc[nH+]1)c1cc([N+](=O)[O-])ccc1Cl. The zero-order chi connectivity index (χ0) is 14.5. The van der Waals surface area contributed by atoms with Gasteiger partial charge < -0.3 is 5.32 Å². The highest BCUT2D eigenvalue weighted by molar-refractivity contribution is 6.33. The van der Waals surface area contributed by atoms with Crippen LogP contribution in [0.4, 0.5) is 5.69 Å². The van der Waals surface area contributed by atoms with E-state index in [4.69, 9.17) is 11.6 Å². The minimum Gasteiger partial charge on any atom is -0.342 e. The van der Waals surface area contributed by atoms with E-state index in [-0.39, 0.29) is 22.8 Å². The van der Waals surface area contributed by atoms with Crippen LogP contribution in [0.1, 0.15) is 16.1 Å². The Labute approximate surface area is 119 Å². The van der Waals surface area contributed by atoms with Gasteiger partial charge in [0.15, 0.2) is 11.9 Å². The van der Waals surface area contributed by atoms with Crippen molar-refractivity contribution in [2.45, 2.75) is 6.54 Å². The molecule has 0 atom stereocenters. The summed E-state index contributed by atoms with van der Waals surface area (Å²) in [6.07, 6.45) is 1.74. The fourth-order valence-electron chi connectivity index (χ4n) is 1.61. The lowest BCUT2D eigenvalue weighted by Gasteiger charge is -2.04. The first-order chi connectivity index (χ1) is 9.58. The molecule has 1 heterocycles. The third-order valence-corrected chi connectivity index (χ3v) is 2.95. The van der Waals surface area contributed by atoms with Crippen LogP contribution in [0.25, 0.3) is 0 Å². The number of benzene rings is 1. The van der Waals surface area contributed by atoms with Gasteiger partial charge in [-0.15, -0.1) is 0 Å². The van der Waals surface area contributed by atoms with E-state index in [0.717, 1.165) is 11.8 Å². The Kier molecular flexibility index (Phi) is 4.27. The summed E-state index contributed by atoms with van der Waals surface area (Å²) in [5.41, 5.74) is 0.713. The van der Waals surface area contributed by atoms with Crippen molar-refractivity contribution in [2.24, 2.45) is 0 Å². The topological polar surface area (TPSA) is 86.4 Å². The first-order valence-corrected chi connectivity index (χ1v) is 6.13. The van der Waals surface area contributed by atoms with E-state index in [9.17, 15) is 14.9 Å². The van der Waals surface area contributed by atoms with Crippen molar-refractivity contribution in [2.75, 3.05) is 0 Å². The molecule has 0 bridgehead atoms. The fourth-order valence-corrected chi connectivity index (χ4v) is 1.82. The van der Waals surface area contributed by atoms with Crippen LogP contribution in [-0.4, -0.2) is 10.8 Å². The van der Waals surface area contributed by atoms with Gasteiger partial charge in [0.05, 0.1) is 15.5 Å². The highest BCUT2D eigenvalue weighted by atomic mass is 35.5. The highest BCUT2D eigenvalue weighted by Crippen LogP contribution is 2.21. The lowest BCUT2D eigenvalue weighted by molar-refractivity contribution is -0.390. The van der Waals surface area contributed by atoms with Crippen LogP contribution in [0, 0.1) is 10.1 Å². The predicted molar refractivity (Wildman–Crippen MR) is 72.3 cm³/mol. The molecule has 20 heavy (non-hydrogen) atoms. The second-order valence-electron chi connectivity index (χ2n) is 3.99. The maximum Gasteiger partial charge on any atom is 0.270 e. The van der Waals surface area contributed by atoms with Crippen molar-refractivity contribution in [3.63, 3.8) is 0 Å². The normalized spacial score (nSPS) is 10.1. The summed E-state index contributed by atoms with van der Waals surface area (Å²) in [5, 5.41) is 13.5. The third-order valence-electron chi connectivity index (χ3n) is 2.62. The van der Waals surface area contributed by atoms with Gasteiger partial charge in [-0.1, -0.05) is 17.7 Å². The van der Waals surface area contributed by atoms with Gasteiger partial charge in [0.2, 0.25) is 0 Å². The lowest BCUT2D eigenvalue weighted by atomic mass is 10.2. The summed E-state index contributed by atoms with van der Waals surface area (Å²) in [5.74, 6) is -0.462. The number of nitro benzene ring substituents is 1. The first kappa shape index (κ1) is 14.0. The Bertz CT molecular complexity index is 647. The molecule has 0 saturated heterocycles. The Morgan fingerprint density at radius 3 is 2.80 bits per heavy atom. The first-order valence-electron chi connectivity index (χ1n) is 5.75. The Hall–Kier alpha value is -2.47. The van der Waals surface area contributed by atoms with Gasteiger partial charge in [0.25, 0.3) is 11.6 Å². The van der Waals surface area contributed by atoms with Crippen molar-refractivity contribution >= 4 is 23.2 Å². The summed E-state index contributed by atoms with van der Waals surface area (Å²) in [7, 11) is 0. The number of pyridine rings is 1. The summed E-state index contributed by atoms with van der Waals surface area (Å²) in [6.45, 7) is 0.276. The summed E-state index contributed by atoms with van der Waals surface area (Å²) in [4.78, 5) is 25.1. The van der Waals surface area contributed by atoms with Gasteiger partial charge in [-0.2, -0.15) is 0 Å². The molecule has 0 radical (unpaired) electrons. The largest absolute Gasteiger partial charge is 0.342 e. The van der Waals surface area contributed by atoms with Crippen LogP contribution in [0.5, 0.6) is 0 Å². The van der Waals surface area contributed by atoms with Crippen LogP contribution >= 0.6 is 11.6 Å². The molecule has 0 unspecified atom stereocenters. The number of nitro groups is 1. The smallest absolute Gasteiger partial charge is 0.270 e. The van der Waals surface area contributed by atoms with Gasteiger partial charge in [-0.25, -0.2) is 4.98 Å². The summed E-state index contributed by atoms with van der Waals surface area (Å²) < 4.78 is 0. The van der Waals surface area contributed by atoms with E-state index >= 15 is 0 Å². The van der Waals surface area contributed by atoms with E-state index in [0.29, 0.717) is 0 Å². The van der Waals surface area contributed by atoms with E-state index < -0.39 is 10.8 Å². The molecule has 102 valence electrons. The maximum atomic E-state index is 12.0. The molecule has 1 aromatic heterocycles. The van der Waals surface area contributed by atoms with Crippen molar-refractivity contribution in [1.29, 1.82) is 0 Å². The van der Waals surface area contributed by atoms with E-state index in [1.807, 2.05) is 18.2 Å². The number of carbonyl (C=O) groups excluding carboxylic acids is 1. The lowest BCUT2D eigenvalue weighted by Crippen LogP contribution is -2.26. The average molecular weight is 293 g/mol. The average Bonchev–Trinajstić information content (AvgIpc) is 2.46. The number of nitrogens with zero attached hydrogens (tertiary/aromatic N) is 1. The van der Waals surface area contributed by atoms with Crippen LogP contribution in [0.15, 0.2) is 42.6 Å². The number of non-ortho nitro benzene ring substituents is 1. The number of H-pyrrole nitrogens is 1. The zero-order valence-electron chi connectivity index (χ0n) is 10.3. The monoisotopic (exact) mass is 292 g/mol. The number of rotatable bonds is 4. The number of halogens is 1. The molecule has 7 heteroatoms. The van der Waals surface area contributed by atoms with Crippen molar-refractivity contribution in [3.8, 4) is 0 Å². The molecule has 2 aromatic rings. The van der Waals surface area contributed by atoms with E-state index in [2.05, 4.69) is 10.3 Å². The molecule has 0 aliphatic carbocycles. The van der Waals surface area contributed by atoms with Crippen molar-refractivity contribution in [1.82, 2.24) is 5.32 Å².